The molecule has 0 radical (unpaired) electrons. The van der Waals surface area contributed by atoms with Crippen molar-refractivity contribution >= 4 is 11.2 Å². The molecule has 0 saturated heterocycles. The lowest BCUT2D eigenvalue weighted by atomic mass is 10.0. The van der Waals surface area contributed by atoms with Crippen LogP contribution >= 0.6 is 0 Å². The highest BCUT2D eigenvalue weighted by atomic mass is 15.0. The molecule has 2 heterocycles. The highest BCUT2D eigenvalue weighted by Gasteiger charge is 2.17. The first-order chi connectivity index (χ1) is 8.76. The summed E-state index contributed by atoms with van der Waals surface area (Å²) in [6, 6.07) is 2.22. The first-order valence-corrected chi connectivity index (χ1v) is 7.11. The van der Waals surface area contributed by atoms with Crippen molar-refractivity contribution in [2.24, 2.45) is 5.92 Å². The second-order valence-electron chi connectivity index (χ2n) is 5.52. The predicted octanol–water partition coefficient (Wildman–Crippen LogP) is 3.56. The maximum absolute atomic E-state index is 4.75. The largest absolute Gasteiger partial charge is 0.327 e. The Hall–Kier alpha value is -1.38. The van der Waals surface area contributed by atoms with E-state index in [9.17, 15) is 0 Å². The predicted molar refractivity (Wildman–Crippen MR) is 73.7 cm³/mol. The second kappa shape index (κ2) is 4.71. The second-order valence-corrected chi connectivity index (χ2v) is 5.52. The monoisotopic (exact) mass is 243 g/mol. The van der Waals surface area contributed by atoms with Gasteiger partial charge in [-0.05, 0) is 30.9 Å². The third kappa shape index (κ3) is 2.14. The molecule has 0 aliphatic heterocycles. The van der Waals surface area contributed by atoms with Crippen molar-refractivity contribution in [2.75, 3.05) is 0 Å². The van der Waals surface area contributed by atoms with Gasteiger partial charge in [0.25, 0.3) is 0 Å². The number of rotatable bonds is 3. The van der Waals surface area contributed by atoms with Crippen LogP contribution in [0.4, 0.5) is 0 Å². The van der Waals surface area contributed by atoms with E-state index in [1.807, 2.05) is 0 Å². The molecular weight excluding hydrogens is 222 g/mol. The molecule has 1 saturated carbocycles. The summed E-state index contributed by atoms with van der Waals surface area (Å²) in [7, 11) is 0. The molecule has 1 aliphatic rings. The van der Waals surface area contributed by atoms with Crippen LogP contribution in [0.5, 0.6) is 0 Å². The van der Waals surface area contributed by atoms with Gasteiger partial charge in [0, 0.05) is 12.1 Å². The van der Waals surface area contributed by atoms with Crippen LogP contribution in [-0.4, -0.2) is 15.0 Å². The van der Waals surface area contributed by atoms with Crippen LogP contribution in [0.3, 0.4) is 0 Å². The summed E-state index contributed by atoms with van der Waals surface area (Å²) in [5.41, 5.74) is 4.50. The fourth-order valence-electron chi connectivity index (χ4n) is 3.04. The molecule has 1 fully saturated rings. The SMILES string of the molecule is CCc1nc2c(C)cc(CC3CCCC3)nc2[nH]1. The van der Waals surface area contributed by atoms with E-state index in [4.69, 9.17) is 4.98 Å². The fraction of sp³-hybridized carbons (Fsp3) is 0.600. The third-order valence-corrected chi connectivity index (χ3v) is 4.05. The van der Waals surface area contributed by atoms with E-state index in [1.54, 1.807) is 0 Å². The molecule has 18 heavy (non-hydrogen) atoms. The van der Waals surface area contributed by atoms with E-state index >= 15 is 0 Å². The van der Waals surface area contributed by atoms with Crippen molar-refractivity contribution in [1.82, 2.24) is 15.0 Å². The molecule has 0 amide bonds. The Balaban J connectivity index is 1.92. The van der Waals surface area contributed by atoms with Gasteiger partial charge in [-0.2, -0.15) is 0 Å². The van der Waals surface area contributed by atoms with Crippen LogP contribution in [0.25, 0.3) is 11.2 Å². The molecular formula is C15H21N3. The zero-order valence-electron chi connectivity index (χ0n) is 11.3. The number of aromatic nitrogens is 3. The summed E-state index contributed by atoms with van der Waals surface area (Å²) < 4.78 is 0. The van der Waals surface area contributed by atoms with Crippen LogP contribution in [0.15, 0.2) is 6.07 Å². The van der Waals surface area contributed by atoms with Crippen LogP contribution in [0, 0.1) is 12.8 Å². The van der Waals surface area contributed by atoms with Gasteiger partial charge in [-0.15, -0.1) is 0 Å². The van der Waals surface area contributed by atoms with Gasteiger partial charge in [-0.25, -0.2) is 9.97 Å². The maximum atomic E-state index is 4.75. The lowest BCUT2D eigenvalue weighted by Gasteiger charge is -2.08. The number of aryl methyl sites for hydroxylation is 2. The minimum absolute atomic E-state index is 0.850. The number of H-pyrrole nitrogens is 1. The first-order valence-electron chi connectivity index (χ1n) is 7.11. The molecule has 96 valence electrons. The Morgan fingerprint density at radius 2 is 2.06 bits per heavy atom. The number of imidazole rings is 1. The van der Waals surface area contributed by atoms with E-state index < -0.39 is 0 Å². The smallest absolute Gasteiger partial charge is 0.157 e. The van der Waals surface area contributed by atoms with Crippen LogP contribution < -0.4 is 0 Å². The fourth-order valence-corrected chi connectivity index (χ4v) is 3.04. The highest BCUT2D eigenvalue weighted by molar-refractivity contribution is 5.74. The lowest BCUT2D eigenvalue weighted by molar-refractivity contribution is 0.540. The van der Waals surface area contributed by atoms with Crippen LogP contribution in [0.1, 0.15) is 49.7 Å². The molecule has 3 rings (SSSR count). The summed E-state index contributed by atoms with van der Waals surface area (Å²) in [6.45, 7) is 4.26. The minimum Gasteiger partial charge on any atom is -0.327 e. The van der Waals surface area contributed by atoms with E-state index in [0.717, 1.165) is 35.7 Å². The average Bonchev–Trinajstić information content (AvgIpc) is 2.97. The van der Waals surface area contributed by atoms with Crippen molar-refractivity contribution < 1.29 is 0 Å². The van der Waals surface area contributed by atoms with Gasteiger partial charge in [0.2, 0.25) is 0 Å². The standard InChI is InChI=1S/C15H21N3/c1-3-13-17-14-10(2)8-12(16-15(14)18-13)9-11-6-4-5-7-11/h8,11H,3-7,9H2,1-2H3,(H,16,17,18). The molecule has 0 aromatic carbocycles. The summed E-state index contributed by atoms with van der Waals surface area (Å²) in [5, 5.41) is 0. The van der Waals surface area contributed by atoms with Gasteiger partial charge in [-0.3, -0.25) is 0 Å². The number of hydrogen-bond donors (Lipinski definition) is 1. The maximum Gasteiger partial charge on any atom is 0.157 e. The zero-order chi connectivity index (χ0) is 12.5. The van der Waals surface area contributed by atoms with Crippen LogP contribution in [0.2, 0.25) is 0 Å². The van der Waals surface area contributed by atoms with E-state index in [-0.39, 0.29) is 0 Å². The lowest BCUT2D eigenvalue weighted by Crippen LogP contribution is -2.01. The molecule has 3 heteroatoms. The Kier molecular flexibility index (Phi) is 3.06. The summed E-state index contributed by atoms with van der Waals surface area (Å²) >= 11 is 0. The summed E-state index contributed by atoms with van der Waals surface area (Å²) in [6.07, 6.45) is 7.63. The van der Waals surface area contributed by atoms with Gasteiger partial charge in [0.15, 0.2) is 5.65 Å². The Morgan fingerprint density at radius 1 is 1.28 bits per heavy atom. The normalized spacial score (nSPS) is 16.8. The Morgan fingerprint density at radius 3 is 2.78 bits per heavy atom. The van der Waals surface area contributed by atoms with Crippen molar-refractivity contribution in [2.45, 2.75) is 52.4 Å². The van der Waals surface area contributed by atoms with Crippen LogP contribution in [-0.2, 0) is 12.8 Å². The van der Waals surface area contributed by atoms with Crippen molar-refractivity contribution in [1.29, 1.82) is 0 Å². The van der Waals surface area contributed by atoms with Crippen molar-refractivity contribution in [3.8, 4) is 0 Å². The topological polar surface area (TPSA) is 41.6 Å². The number of aromatic amines is 1. The summed E-state index contributed by atoms with van der Waals surface area (Å²) in [5.74, 6) is 1.89. The van der Waals surface area contributed by atoms with Crippen molar-refractivity contribution in [3.63, 3.8) is 0 Å². The Bertz CT molecular complexity index is 550. The highest BCUT2D eigenvalue weighted by Crippen LogP contribution is 2.28. The molecule has 0 bridgehead atoms. The first kappa shape index (κ1) is 11.7. The Labute approximate surface area is 108 Å². The summed E-state index contributed by atoms with van der Waals surface area (Å²) in [4.78, 5) is 12.7. The third-order valence-electron chi connectivity index (χ3n) is 4.05. The van der Waals surface area contributed by atoms with E-state index in [0.29, 0.717) is 0 Å². The van der Waals surface area contributed by atoms with Gasteiger partial charge in [-0.1, -0.05) is 32.6 Å². The molecule has 0 atom stereocenters. The average molecular weight is 243 g/mol. The number of nitrogens with zero attached hydrogens (tertiary/aromatic N) is 2. The number of hydrogen-bond acceptors (Lipinski definition) is 2. The van der Waals surface area contributed by atoms with Gasteiger partial charge < -0.3 is 4.98 Å². The number of pyridine rings is 1. The zero-order valence-corrected chi connectivity index (χ0v) is 11.3. The van der Waals surface area contributed by atoms with E-state index in [1.165, 1.54) is 36.9 Å². The van der Waals surface area contributed by atoms with Crippen molar-refractivity contribution in [3.05, 3.63) is 23.1 Å². The molecule has 0 spiro atoms. The molecule has 1 N–H and O–H groups in total. The van der Waals surface area contributed by atoms with Gasteiger partial charge >= 0.3 is 0 Å². The number of nitrogens with one attached hydrogen (secondary N) is 1. The quantitative estimate of drug-likeness (QED) is 0.895. The number of fused-ring (bicyclic) bond motifs is 1. The van der Waals surface area contributed by atoms with E-state index in [2.05, 4.69) is 29.9 Å². The molecule has 0 unspecified atom stereocenters. The molecule has 2 aromatic rings. The molecule has 2 aromatic heterocycles. The molecule has 1 aliphatic carbocycles. The van der Waals surface area contributed by atoms with Gasteiger partial charge in [0.1, 0.15) is 11.3 Å². The van der Waals surface area contributed by atoms with Gasteiger partial charge in [0.05, 0.1) is 0 Å². The minimum atomic E-state index is 0.850. The molecule has 3 nitrogen and oxygen atoms in total.